The lowest BCUT2D eigenvalue weighted by Gasteiger charge is -2.07. The molecule has 0 fully saturated rings. The molecule has 16 heavy (non-hydrogen) atoms. The van der Waals surface area contributed by atoms with E-state index in [1.807, 2.05) is 0 Å². The van der Waals surface area contributed by atoms with E-state index in [2.05, 4.69) is 9.72 Å². The van der Waals surface area contributed by atoms with Gasteiger partial charge in [-0.2, -0.15) is 0 Å². The third kappa shape index (κ3) is 2.83. The standard InChI is InChI=1S/C8H10N2O5S/c1-14-5-3-7(16(2,12)13)10-4-6(5)15-8(9)11/h3-4H,1-2H3,(H2,9,11). The number of nitrogens with zero attached hydrogens (tertiary/aromatic N) is 1. The Morgan fingerprint density at radius 3 is 2.50 bits per heavy atom. The lowest BCUT2D eigenvalue weighted by Crippen LogP contribution is -2.17. The minimum atomic E-state index is -3.44. The molecule has 88 valence electrons. The Balaban J connectivity index is 3.22. The Labute approximate surface area is 92.1 Å². The van der Waals surface area contributed by atoms with Crippen molar-refractivity contribution < 1.29 is 22.7 Å². The highest BCUT2D eigenvalue weighted by Gasteiger charge is 2.15. The van der Waals surface area contributed by atoms with Gasteiger partial charge in [0, 0.05) is 12.3 Å². The second-order valence-electron chi connectivity index (χ2n) is 2.87. The van der Waals surface area contributed by atoms with Gasteiger partial charge in [-0.15, -0.1) is 0 Å². The van der Waals surface area contributed by atoms with Gasteiger partial charge in [0.1, 0.15) is 0 Å². The number of pyridine rings is 1. The fourth-order valence-corrected chi connectivity index (χ4v) is 1.52. The first-order valence-electron chi connectivity index (χ1n) is 4.06. The number of rotatable bonds is 3. The molecule has 1 aromatic rings. The monoisotopic (exact) mass is 246 g/mol. The Morgan fingerprint density at radius 2 is 2.06 bits per heavy atom. The van der Waals surface area contributed by atoms with Gasteiger partial charge in [0.05, 0.1) is 13.3 Å². The summed E-state index contributed by atoms with van der Waals surface area (Å²) in [5.41, 5.74) is 4.81. The quantitative estimate of drug-likeness (QED) is 0.801. The minimum Gasteiger partial charge on any atom is -0.493 e. The summed E-state index contributed by atoms with van der Waals surface area (Å²) in [6, 6.07) is 1.15. The fourth-order valence-electron chi connectivity index (χ4n) is 0.954. The highest BCUT2D eigenvalue weighted by Crippen LogP contribution is 2.27. The topological polar surface area (TPSA) is 109 Å². The first-order chi connectivity index (χ1) is 7.34. The van der Waals surface area contributed by atoms with Gasteiger partial charge < -0.3 is 15.2 Å². The van der Waals surface area contributed by atoms with E-state index in [0.29, 0.717) is 0 Å². The second kappa shape index (κ2) is 4.35. The molecule has 0 saturated heterocycles. The molecule has 2 N–H and O–H groups in total. The van der Waals surface area contributed by atoms with Crippen LogP contribution in [0, 0.1) is 0 Å². The Bertz CT molecular complexity index is 511. The van der Waals surface area contributed by atoms with Gasteiger partial charge in [-0.05, 0) is 0 Å². The van der Waals surface area contributed by atoms with Gasteiger partial charge in [0.2, 0.25) is 0 Å². The van der Waals surface area contributed by atoms with Crippen molar-refractivity contribution >= 4 is 15.9 Å². The van der Waals surface area contributed by atoms with Crippen LogP contribution in [0.1, 0.15) is 0 Å². The highest BCUT2D eigenvalue weighted by molar-refractivity contribution is 7.90. The molecule has 7 nitrogen and oxygen atoms in total. The summed E-state index contributed by atoms with van der Waals surface area (Å²) in [5.74, 6) is 0.0247. The molecule has 0 aliphatic carbocycles. The molecule has 8 heteroatoms. The molecule has 0 unspecified atom stereocenters. The Kier molecular flexibility index (Phi) is 3.33. The Morgan fingerprint density at radius 1 is 1.44 bits per heavy atom. The minimum absolute atomic E-state index is 0.0394. The van der Waals surface area contributed by atoms with E-state index in [0.717, 1.165) is 18.5 Å². The molecule has 0 radical (unpaired) electrons. The molecule has 0 saturated carbocycles. The number of carbonyl (C=O) groups excluding carboxylic acids is 1. The van der Waals surface area contributed by atoms with E-state index in [-0.39, 0.29) is 16.5 Å². The maximum absolute atomic E-state index is 11.2. The van der Waals surface area contributed by atoms with Crippen molar-refractivity contribution in [1.29, 1.82) is 0 Å². The summed E-state index contributed by atoms with van der Waals surface area (Å²) < 4.78 is 31.8. The van der Waals surface area contributed by atoms with E-state index < -0.39 is 15.9 Å². The van der Waals surface area contributed by atoms with E-state index in [1.165, 1.54) is 7.11 Å². The Hall–Kier alpha value is -1.83. The van der Waals surface area contributed by atoms with Crippen molar-refractivity contribution in [3.05, 3.63) is 12.3 Å². The number of hydrogen-bond donors (Lipinski definition) is 1. The first kappa shape index (κ1) is 12.2. The van der Waals surface area contributed by atoms with Crippen LogP contribution in [0.25, 0.3) is 0 Å². The molecular weight excluding hydrogens is 236 g/mol. The van der Waals surface area contributed by atoms with Crippen LogP contribution in [0.2, 0.25) is 0 Å². The van der Waals surface area contributed by atoms with Gasteiger partial charge in [0.15, 0.2) is 26.4 Å². The SMILES string of the molecule is COc1cc(S(C)(=O)=O)ncc1OC(N)=O. The van der Waals surface area contributed by atoms with Gasteiger partial charge >= 0.3 is 6.09 Å². The molecule has 1 rings (SSSR count). The zero-order valence-corrected chi connectivity index (χ0v) is 9.45. The summed E-state index contributed by atoms with van der Waals surface area (Å²) >= 11 is 0. The number of nitrogens with two attached hydrogens (primary N) is 1. The molecule has 1 amide bonds. The zero-order chi connectivity index (χ0) is 12.3. The summed E-state index contributed by atoms with van der Waals surface area (Å²) in [5, 5.41) is -0.179. The average molecular weight is 246 g/mol. The van der Waals surface area contributed by atoms with Crippen LogP contribution >= 0.6 is 0 Å². The van der Waals surface area contributed by atoms with Crippen LogP contribution in [0.3, 0.4) is 0 Å². The fraction of sp³-hybridized carbons (Fsp3) is 0.250. The van der Waals surface area contributed by atoms with Crippen LogP contribution < -0.4 is 15.2 Å². The molecule has 1 aromatic heterocycles. The van der Waals surface area contributed by atoms with Gasteiger partial charge in [0.25, 0.3) is 0 Å². The number of sulfone groups is 1. The number of methoxy groups -OCH3 is 1. The van der Waals surface area contributed by atoms with E-state index in [1.54, 1.807) is 0 Å². The van der Waals surface area contributed by atoms with Crippen LogP contribution in [-0.2, 0) is 9.84 Å². The van der Waals surface area contributed by atoms with E-state index >= 15 is 0 Å². The molecule has 1 heterocycles. The first-order valence-corrected chi connectivity index (χ1v) is 5.95. The van der Waals surface area contributed by atoms with Gasteiger partial charge in [-0.1, -0.05) is 0 Å². The van der Waals surface area contributed by atoms with Crippen molar-refractivity contribution in [2.45, 2.75) is 5.03 Å². The number of carbonyl (C=O) groups is 1. The average Bonchev–Trinajstić information content (AvgIpc) is 2.15. The molecule has 0 atom stereocenters. The van der Waals surface area contributed by atoms with Crippen molar-refractivity contribution in [2.24, 2.45) is 5.73 Å². The summed E-state index contributed by atoms with van der Waals surface area (Å²) in [7, 11) is -2.14. The molecule has 0 aliphatic rings. The third-order valence-electron chi connectivity index (χ3n) is 1.62. The molecule has 0 spiro atoms. The number of primary amides is 1. The molecule has 0 bridgehead atoms. The van der Waals surface area contributed by atoms with Crippen LogP contribution in [0.15, 0.2) is 17.3 Å². The third-order valence-corrected chi connectivity index (χ3v) is 2.60. The lowest BCUT2D eigenvalue weighted by atomic mass is 10.4. The lowest BCUT2D eigenvalue weighted by molar-refractivity contribution is 0.208. The predicted molar refractivity (Wildman–Crippen MR) is 54.1 cm³/mol. The van der Waals surface area contributed by atoms with Crippen LogP contribution in [0.4, 0.5) is 4.79 Å². The molecular formula is C8H10N2O5S. The van der Waals surface area contributed by atoms with Crippen molar-refractivity contribution in [1.82, 2.24) is 4.98 Å². The largest absolute Gasteiger partial charge is 0.493 e. The van der Waals surface area contributed by atoms with Crippen molar-refractivity contribution in [2.75, 3.05) is 13.4 Å². The van der Waals surface area contributed by atoms with Crippen molar-refractivity contribution in [3.8, 4) is 11.5 Å². The maximum atomic E-state index is 11.2. The number of ether oxygens (including phenoxy) is 2. The zero-order valence-electron chi connectivity index (χ0n) is 8.63. The summed E-state index contributed by atoms with van der Waals surface area (Å²) in [4.78, 5) is 14.1. The van der Waals surface area contributed by atoms with E-state index in [4.69, 9.17) is 10.5 Å². The van der Waals surface area contributed by atoms with Crippen molar-refractivity contribution in [3.63, 3.8) is 0 Å². The number of hydrogen-bond acceptors (Lipinski definition) is 6. The van der Waals surface area contributed by atoms with Crippen LogP contribution in [0.5, 0.6) is 11.5 Å². The smallest absolute Gasteiger partial charge is 0.410 e. The van der Waals surface area contributed by atoms with Gasteiger partial charge in [-0.25, -0.2) is 18.2 Å². The van der Waals surface area contributed by atoms with E-state index in [9.17, 15) is 13.2 Å². The number of aromatic nitrogens is 1. The predicted octanol–water partition coefficient (Wildman–Crippen LogP) is -0.0488. The van der Waals surface area contributed by atoms with Gasteiger partial charge in [-0.3, -0.25) is 0 Å². The maximum Gasteiger partial charge on any atom is 0.410 e. The molecule has 0 aromatic carbocycles. The normalized spacial score (nSPS) is 10.9. The summed E-state index contributed by atoms with van der Waals surface area (Å²) in [6.45, 7) is 0. The molecule has 0 aliphatic heterocycles. The number of amides is 1. The summed E-state index contributed by atoms with van der Waals surface area (Å²) in [6.07, 6.45) is 1.02. The second-order valence-corrected chi connectivity index (χ2v) is 4.83. The van der Waals surface area contributed by atoms with Crippen LogP contribution in [-0.4, -0.2) is 32.9 Å². The highest BCUT2D eigenvalue weighted by atomic mass is 32.2.